The minimum atomic E-state index is -1.61. The van der Waals surface area contributed by atoms with Crippen molar-refractivity contribution in [2.75, 3.05) is 39.3 Å². The summed E-state index contributed by atoms with van der Waals surface area (Å²) < 4.78 is 0. The molecule has 3 saturated heterocycles. The van der Waals surface area contributed by atoms with Crippen molar-refractivity contribution in [3.63, 3.8) is 0 Å². The van der Waals surface area contributed by atoms with Gasteiger partial charge in [0.25, 0.3) is 0 Å². The van der Waals surface area contributed by atoms with Gasteiger partial charge >= 0.3 is 0 Å². The molecule has 0 aromatic heterocycles. The highest BCUT2D eigenvalue weighted by molar-refractivity contribution is 6.00. The maximum absolute atomic E-state index is 15.7. The fourth-order valence-electron chi connectivity index (χ4n) is 13.0. The smallest absolute Gasteiger partial charge is 0.246 e. The van der Waals surface area contributed by atoms with E-state index < -0.39 is 167 Å². The van der Waals surface area contributed by atoms with E-state index in [-0.39, 0.29) is 109 Å². The van der Waals surface area contributed by atoms with Gasteiger partial charge < -0.3 is 97.4 Å². The Kier molecular flexibility index (Phi) is 35.2. The van der Waals surface area contributed by atoms with E-state index >= 15 is 33.6 Å². The first-order chi connectivity index (χ1) is 48.5. The average Bonchev–Trinajstić information content (AvgIpc) is 1.62. The molecule has 14 atom stereocenters. The van der Waals surface area contributed by atoms with Crippen LogP contribution in [0.2, 0.25) is 0 Å². The van der Waals surface area contributed by atoms with Gasteiger partial charge in [-0.2, -0.15) is 0 Å². The van der Waals surface area contributed by atoms with Gasteiger partial charge in [0.15, 0.2) is 0 Å². The summed E-state index contributed by atoms with van der Waals surface area (Å²) in [5.41, 5.74) is 37.7. The number of carbonyl (C=O) groups is 12. The Labute approximate surface area is 600 Å². The number of nitrogens with two attached hydrogens (primary N) is 6. The molecule has 30 heteroatoms. The second-order valence-corrected chi connectivity index (χ2v) is 29.0. The zero-order valence-corrected chi connectivity index (χ0v) is 61.0. The molecule has 12 amide bonds. The fraction of sp³-hybridized carbons (Fsp3) is 0.667. The number of carbonyl (C=O) groups excluding carboxylic acids is 12. The molecule has 0 unspecified atom stereocenters. The summed E-state index contributed by atoms with van der Waals surface area (Å²) in [7, 11) is 0. The molecule has 3 aliphatic heterocycles. The fourth-order valence-corrected chi connectivity index (χ4v) is 13.0. The van der Waals surface area contributed by atoms with E-state index in [4.69, 9.17) is 34.4 Å². The van der Waals surface area contributed by atoms with E-state index in [0.717, 1.165) is 0 Å². The summed E-state index contributed by atoms with van der Waals surface area (Å²) in [6, 6.07) is -0.0531. The predicted molar refractivity (Wildman–Crippen MR) is 387 cm³/mol. The topological polar surface area (TPSA) is 488 Å². The van der Waals surface area contributed by atoms with Crippen molar-refractivity contribution in [2.45, 2.75) is 243 Å². The SMILES string of the molecule is CC(C)C[C@@H]1NC(=O)[C@H](C[C@H](CN)NC(=O)[C@@H](N)CCCCN)NC(=O)[C@H](C(C)C)NC(=O)[C@@H]2C[C@H](NC(=O)[C@@H](N)CCCCN)CN2C(=O)[C@@H](Cc2ccccc2)NC(=O)[C@H](CC(C)C)NC(=O)[C@H](CCCN)NC(=O)[C@H](C(C)C)NC(=O)[C@@H]2CCCN2C(=O)[C@@H](Cc2ccccc2)NC1=O. The van der Waals surface area contributed by atoms with Crippen LogP contribution in [0.15, 0.2) is 60.7 Å². The quantitative estimate of drug-likeness (QED) is 0.0424. The Balaban J connectivity index is 1.70. The molecular formula is C72H118N18O12. The number of unbranched alkanes of at least 4 members (excludes halogenated alkanes) is 2. The monoisotopic (exact) mass is 1430 g/mol. The standard InChI is InChI=1S/C72H118N18O12/c1-41(2)33-52-64(94)86-56(36-46-23-13-10-14-24-46)72(102)90-40-48(80-62(92)50(78)26-16-18-30-74)38-58(90)68(98)88-60(44(7)8)70(100)84-54(37-47(39-76)79-61(91)49(77)25-15-17-29-73)66(96)83-53(34-42(3)4)65(95)85-55(35-45-21-11-9-12-22-45)71(101)89-32-20-28-57(89)67(97)87-59(43(5)6)69(99)81-51(27-19-31-75)63(93)82-52/h9-14,21-24,41-44,47-60H,15-20,25-40,73-78H2,1-8H3,(H,79,91)(H,80,92)(H,81,99)(H,82,93)(H,83,96)(H,84,100)(H,85,95)(H,86,94)(H,87,97)(H,88,98)/t47-,48+,49+,50+,51+,52+,53+,54+,55-,56-,57+,58+,59+,60+/m1/s1. The molecule has 22 N–H and O–H groups in total. The Hall–Kier alpha value is -8.16. The Morgan fingerprint density at radius 2 is 0.882 bits per heavy atom. The molecule has 30 nitrogen and oxygen atoms in total. The molecule has 3 aliphatic rings. The van der Waals surface area contributed by atoms with Crippen molar-refractivity contribution >= 4 is 70.9 Å². The van der Waals surface area contributed by atoms with E-state index in [0.29, 0.717) is 56.3 Å². The van der Waals surface area contributed by atoms with Crippen molar-refractivity contribution < 1.29 is 57.5 Å². The largest absolute Gasteiger partial charge is 0.351 e. The zero-order valence-electron chi connectivity index (χ0n) is 61.0. The van der Waals surface area contributed by atoms with Gasteiger partial charge in [0.1, 0.15) is 60.4 Å². The number of benzene rings is 2. The molecule has 568 valence electrons. The summed E-state index contributed by atoms with van der Waals surface area (Å²) in [6.07, 6.45) is 2.93. The summed E-state index contributed by atoms with van der Waals surface area (Å²) in [5, 5.41) is 28.4. The highest BCUT2D eigenvalue weighted by atomic mass is 16.2. The second-order valence-electron chi connectivity index (χ2n) is 29.0. The first-order valence-electron chi connectivity index (χ1n) is 36.5. The van der Waals surface area contributed by atoms with E-state index in [2.05, 4.69) is 53.2 Å². The van der Waals surface area contributed by atoms with Gasteiger partial charge in [-0.05, 0) is 131 Å². The lowest BCUT2D eigenvalue weighted by molar-refractivity contribution is -0.143. The van der Waals surface area contributed by atoms with Crippen LogP contribution >= 0.6 is 0 Å². The van der Waals surface area contributed by atoms with Crippen molar-refractivity contribution in [1.29, 1.82) is 0 Å². The van der Waals surface area contributed by atoms with Gasteiger partial charge in [-0.1, -0.05) is 129 Å². The maximum atomic E-state index is 15.7. The summed E-state index contributed by atoms with van der Waals surface area (Å²) in [4.78, 5) is 181. The van der Waals surface area contributed by atoms with Crippen LogP contribution in [-0.2, 0) is 70.4 Å². The minimum absolute atomic E-state index is 0.00129. The van der Waals surface area contributed by atoms with E-state index in [1.807, 2.05) is 27.7 Å². The van der Waals surface area contributed by atoms with Crippen molar-refractivity contribution in [3.8, 4) is 0 Å². The Morgan fingerprint density at radius 1 is 0.471 bits per heavy atom. The molecule has 2 aromatic rings. The third-order valence-electron chi connectivity index (χ3n) is 18.8. The minimum Gasteiger partial charge on any atom is -0.351 e. The van der Waals surface area contributed by atoms with Crippen molar-refractivity contribution in [2.24, 2.45) is 58.1 Å². The molecule has 0 saturated carbocycles. The van der Waals surface area contributed by atoms with Crippen LogP contribution in [0.4, 0.5) is 0 Å². The number of nitrogens with one attached hydrogen (secondary N) is 10. The highest BCUT2D eigenvalue weighted by Crippen LogP contribution is 2.25. The number of rotatable bonds is 28. The molecule has 102 heavy (non-hydrogen) atoms. The third-order valence-corrected chi connectivity index (χ3v) is 18.8. The third kappa shape index (κ3) is 26.3. The van der Waals surface area contributed by atoms with E-state index in [1.165, 1.54) is 9.80 Å². The molecule has 5 rings (SSSR count). The van der Waals surface area contributed by atoms with Crippen LogP contribution in [-0.4, -0.2) is 205 Å². The predicted octanol–water partition coefficient (Wildman–Crippen LogP) is -1.67. The Bertz CT molecular complexity index is 3090. The summed E-state index contributed by atoms with van der Waals surface area (Å²) in [5.74, 6) is -10.8. The molecule has 3 heterocycles. The Morgan fingerprint density at radius 3 is 1.33 bits per heavy atom. The highest BCUT2D eigenvalue weighted by Gasteiger charge is 2.46. The molecule has 0 aliphatic carbocycles. The average molecular weight is 1430 g/mol. The number of hydrogen-bond acceptors (Lipinski definition) is 18. The van der Waals surface area contributed by atoms with E-state index in [9.17, 15) is 24.0 Å². The van der Waals surface area contributed by atoms with E-state index in [1.54, 1.807) is 88.4 Å². The van der Waals surface area contributed by atoms with Gasteiger partial charge in [-0.15, -0.1) is 0 Å². The number of nitrogens with zero attached hydrogens (tertiary/aromatic N) is 2. The molecule has 0 spiro atoms. The van der Waals surface area contributed by atoms with Gasteiger partial charge in [0, 0.05) is 44.6 Å². The number of hydrogen-bond donors (Lipinski definition) is 16. The molecule has 0 radical (unpaired) electrons. The maximum Gasteiger partial charge on any atom is 0.246 e. The molecular weight excluding hydrogens is 1310 g/mol. The van der Waals surface area contributed by atoms with Crippen LogP contribution in [0.5, 0.6) is 0 Å². The normalized spacial score (nSPS) is 25.3. The number of amides is 12. The molecule has 0 bridgehead atoms. The van der Waals surface area contributed by atoms with Crippen LogP contribution in [0.3, 0.4) is 0 Å². The molecule has 2 aromatic carbocycles. The lowest BCUT2D eigenvalue weighted by atomic mass is 9.98. The number of fused-ring (bicyclic) bond motifs is 2. The van der Waals surface area contributed by atoms with Gasteiger partial charge in [0.2, 0.25) is 70.9 Å². The van der Waals surface area contributed by atoms with Crippen LogP contribution in [0, 0.1) is 23.7 Å². The lowest BCUT2D eigenvalue weighted by Gasteiger charge is -2.33. The van der Waals surface area contributed by atoms with Gasteiger partial charge in [-0.25, -0.2) is 0 Å². The second kappa shape index (κ2) is 42.4. The summed E-state index contributed by atoms with van der Waals surface area (Å²) in [6.45, 7) is 14.4. The summed E-state index contributed by atoms with van der Waals surface area (Å²) >= 11 is 0. The lowest BCUT2D eigenvalue weighted by Crippen LogP contribution is -2.62. The van der Waals surface area contributed by atoms with Crippen molar-refractivity contribution in [1.82, 2.24) is 63.0 Å². The van der Waals surface area contributed by atoms with Crippen LogP contribution < -0.4 is 87.6 Å². The van der Waals surface area contributed by atoms with Crippen LogP contribution in [0.1, 0.15) is 156 Å². The van der Waals surface area contributed by atoms with Crippen LogP contribution in [0.25, 0.3) is 0 Å². The van der Waals surface area contributed by atoms with Gasteiger partial charge in [-0.3, -0.25) is 57.5 Å². The first-order valence-corrected chi connectivity index (χ1v) is 36.5. The van der Waals surface area contributed by atoms with Crippen molar-refractivity contribution in [3.05, 3.63) is 71.8 Å². The first kappa shape index (κ1) is 84.5. The van der Waals surface area contributed by atoms with Gasteiger partial charge in [0.05, 0.1) is 12.1 Å². The molecule has 3 fully saturated rings. The zero-order chi connectivity index (χ0) is 75.3.